The highest BCUT2D eigenvalue weighted by atomic mass is 15.2. The molecule has 0 spiro atoms. The first-order valence-electron chi connectivity index (χ1n) is 16.1. The fraction of sp³-hybridized carbons (Fsp3) is 0. The average molecular weight is 614 g/mol. The number of hydrogen-bond acceptors (Lipinski definition) is 3. The standard InChI is InChI=1S/C43H27N5/c1-3-13-28(14-4-1)31-25-37(29-15-5-2-6-16-29)44-38(26-31)30-23-24-33-32-17-8-11-21-39(32)47(41(33)27-30)43-46-35-19-9-7-18-34(35)42-45-36-20-10-12-22-40(36)48(42)43/h1-27H. The topological polar surface area (TPSA) is 48.0 Å². The Morgan fingerprint density at radius 1 is 0.354 bits per heavy atom. The van der Waals surface area contributed by atoms with Crippen LogP contribution in [0.25, 0.3) is 89.0 Å². The summed E-state index contributed by atoms with van der Waals surface area (Å²) in [6.45, 7) is 0. The van der Waals surface area contributed by atoms with E-state index >= 15 is 0 Å². The van der Waals surface area contributed by atoms with Gasteiger partial charge >= 0.3 is 0 Å². The number of rotatable bonds is 4. The summed E-state index contributed by atoms with van der Waals surface area (Å²) in [5.74, 6) is 0.803. The summed E-state index contributed by atoms with van der Waals surface area (Å²) in [4.78, 5) is 15.7. The van der Waals surface area contributed by atoms with Crippen LogP contribution in [0.3, 0.4) is 0 Å². The lowest BCUT2D eigenvalue weighted by Gasteiger charge is -2.13. The first kappa shape index (κ1) is 26.6. The van der Waals surface area contributed by atoms with Gasteiger partial charge in [-0.25, -0.2) is 15.0 Å². The third kappa shape index (κ3) is 4.08. The summed E-state index contributed by atoms with van der Waals surface area (Å²) in [6.07, 6.45) is 0. The Morgan fingerprint density at radius 2 is 0.958 bits per heavy atom. The third-order valence-electron chi connectivity index (χ3n) is 9.30. The molecular formula is C43H27N5. The van der Waals surface area contributed by atoms with E-state index in [1.807, 2.05) is 18.2 Å². The number of hydrogen-bond donors (Lipinski definition) is 0. The maximum absolute atomic E-state index is 5.35. The van der Waals surface area contributed by atoms with Crippen molar-refractivity contribution in [1.29, 1.82) is 0 Å². The lowest BCUT2D eigenvalue weighted by atomic mass is 9.99. The summed E-state index contributed by atoms with van der Waals surface area (Å²) in [7, 11) is 0. The van der Waals surface area contributed by atoms with E-state index in [4.69, 9.17) is 15.0 Å². The summed E-state index contributed by atoms with van der Waals surface area (Å²) in [5.41, 5.74) is 12.2. The number of para-hydroxylation sites is 4. The molecule has 224 valence electrons. The summed E-state index contributed by atoms with van der Waals surface area (Å²) in [5, 5.41) is 3.35. The van der Waals surface area contributed by atoms with Crippen LogP contribution >= 0.6 is 0 Å². The SMILES string of the molecule is c1ccc(-c2cc(-c3ccccc3)nc(-c3ccc4c5ccccc5n(-c5nc6ccccc6c6nc7ccccc7n56)c4c3)c2)cc1. The van der Waals surface area contributed by atoms with Crippen molar-refractivity contribution in [3.8, 4) is 39.6 Å². The average Bonchev–Trinajstić information content (AvgIpc) is 3.71. The molecule has 0 radical (unpaired) electrons. The van der Waals surface area contributed by atoms with Crippen LogP contribution in [0, 0.1) is 0 Å². The molecule has 0 bridgehead atoms. The van der Waals surface area contributed by atoms with Gasteiger partial charge in [-0.05, 0) is 59.7 Å². The monoisotopic (exact) mass is 613 g/mol. The Labute approximate surface area is 276 Å². The second-order valence-electron chi connectivity index (χ2n) is 12.1. The molecule has 5 heteroatoms. The van der Waals surface area contributed by atoms with Gasteiger partial charge in [-0.15, -0.1) is 0 Å². The minimum absolute atomic E-state index is 0.803. The van der Waals surface area contributed by atoms with Crippen LogP contribution in [0.4, 0.5) is 0 Å². The van der Waals surface area contributed by atoms with E-state index in [9.17, 15) is 0 Å². The van der Waals surface area contributed by atoms with Gasteiger partial charge in [-0.3, -0.25) is 8.97 Å². The van der Waals surface area contributed by atoms with Crippen LogP contribution in [0.2, 0.25) is 0 Å². The molecule has 10 aromatic rings. The van der Waals surface area contributed by atoms with Crippen molar-refractivity contribution in [2.24, 2.45) is 0 Å². The first-order valence-corrected chi connectivity index (χ1v) is 16.1. The highest BCUT2D eigenvalue weighted by Gasteiger charge is 2.20. The Balaban J connectivity index is 1.29. The van der Waals surface area contributed by atoms with Crippen LogP contribution in [0.15, 0.2) is 164 Å². The van der Waals surface area contributed by atoms with Gasteiger partial charge in [0.15, 0.2) is 0 Å². The molecule has 0 aliphatic carbocycles. The van der Waals surface area contributed by atoms with Gasteiger partial charge in [-0.1, -0.05) is 115 Å². The molecule has 10 rings (SSSR count). The second kappa shape index (κ2) is 10.5. The van der Waals surface area contributed by atoms with Crippen LogP contribution in [0.1, 0.15) is 0 Å². The van der Waals surface area contributed by atoms with Gasteiger partial charge in [0.2, 0.25) is 5.95 Å². The predicted molar refractivity (Wildman–Crippen MR) is 196 cm³/mol. The lowest BCUT2D eigenvalue weighted by Crippen LogP contribution is -2.06. The van der Waals surface area contributed by atoms with E-state index < -0.39 is 0 Å². The Kier molecular flexibility index (Phi) is 5.81. The van der Waals surface area contributed by atoms with E-state index in [1.165, 1.54) is 5.39 Å². The Hall–Kier alpha value is -6.59. The quantitative estimate of drug-likeness (QED) is 0.198. The second-order valence-corrected chi connectivity index (χ2v) is 12.1. The van der Waals surface area contributed by atoms with Crippen molar-refractivity contribution in [3.05, 3.63) is 164 Å². The fourth-order valence-corrected chi connectivity index (χ4v) is 7.05. The molecule has 0 N–H and O–H groups in total. The van der Waals surface area contributed by atoms with Crippen molar-refractivity contribution >= 4 is 49.4 Å². The van der Waals surface area contributed by atoms with E-state index in [0.29, 0.717) is 0 Å². The molecule has 4 heterocycles. The van der Waals surface area contributed by atoms with Crippen molar-refractivity contribution in [1.82, 2.24) is 23.9 Å². The molecule has 4 aromatic heterocycles. The lowest BCUT2D eigenvalue weighted by molar-refractivity contribution is 0.979. The molecule has 0 amide bonds. The fourth-order valence-electron chi connectivity index (χ4n) is 7.05. The zero-order chi connectivity index (χ0) is 31.6. The maximum Gasteiger partial charge on any atom is 0.221 e. The molecule has 0 saturated heterocycles. The normalized spacial score (nSPS) is 11.8. The van der Waals surface area contributed by atoms with Crippen LogP contribution in [-0.2, 0) is 0 Å². The molecular weight excluding hydrogens is 587 g/mol. The largest absolute Gasteiger partial charge is 0.279 e. The number of benzene rings is 6. The number of aromatic nitrogens is 5. The maximum atomic E-state index is 5.35. The molecule has 0 unspecified atom stereocenters. The van der Waals surface area contributed by atoms with Gasteiger partial charge in [-0.2, -0.15) is 0 Å². The predicted octanol–water partition coefficient (Wildman–Crippen LogP) is 10.5. The Bertz CT molecular complexity index is 2770. The van der Waals surface area contributed by atoms with Crippen LogP contribution in [0.5, 0.6) is 0 Å². The third-order valence-corrected chi connectivity index (χ3v) is 9.30. The number of pyridine rings is 1. The van der Waals surface area contributed by atoms with Gasteiger partial charge in [0.05, 0.1) is 39.0 Å². The van der Waals surface area contributed by atoms with E-state index in [-0.39, 0.29) is 0 Å². The minimum atomic E-state index is 0.803. The Morgan fingerprint density at radius 3 is 1.75 bits per heavy atom. The zero-order valence-electron chi connectivity index (χ0n) is 25.8. The molecule has 0 aliphatic rings. The molecule has 0 atom stereocenters. The number of nitrogens with zero attached hydrogens (tertiary/aromatic N) is 5. The van der Waals surface area contributed by atoms with Gasteiger partial charge in [0.25, 0.3) is 0 Å². The smallest absolute Gasteiger partial charge is 0.221 e. The summed E-state index contributed by atoms with van der Waals surface area (Å²) >= 11 is 0. The highest BCUT2D eigenvalue weighted by Crippen LogP contribution is 2.37. The minimum Gasteiger partial charge on any atom is -0.279 e. The highest BCUT2D eigenvalue weighted by molar-refractivity contribution is 6.10. The van der Waals surface area contributed by atoms with Crippen molar-refractivity contribution in [2.75, 3.05) is 0 Å². The molecule has 5 nitrogen and oxygen atoms in total. The number of imidazole rings is 1. The first-order chi connectivity index (χ1) is 23.8. The van der Waals surface area contributed by atoms with Gasteiger partial charge in [0, 0.05) is 27.3 Å². The molecule has 0 saturated carbocycles. The van der Waals surface area contributed by atoms with Gasteiger partial charge in [0.1, 0.15) is 5.65 Å². The molecule has 6 aromatic carbocycles. The van der Waals surface area contributed by atoms with Crippen molar-refractivity contribution < 1.29 is 0 Å². The molecule has 48 heavy (non-hydrogen) atoms. The van der Waals surface area contributed by atoms with Crippen LogP contribution < -0.4 is 0 Å². The van der Waals surface area contributed by atoms with Crippen LogP contribution in [-0.4, -0.2) is 23.9 Å². The molecule has 0 aliphatic heterocycles. The van der Waals surface area contributed by atoms with Gasteiger partial charge < -0.3 is 0 Å². The summed E-state index contributed by atoms with van der Waals surface area (Å²) < 4.78 is 4.50. The number of fused-ring (bicyclic) bond motifs is 8. The molecule has 0 fully saturated rings. The van der Waals surface area contributed by atoms with E-state index in [1.54, 1.807) is 0 Å². The van der Waals surface area contributed by atoms with Crippen molar-refractivity contribution in [2.45, 2.75) is 0 Å². The van der Waals surface area contributed by atoms with E-state index in [2.05, 4.69) is 155 Å². The van der Waals surface area contributed by atoms with Crippen molar-refractivity contribution in [3.63, 3.8) is 0 Å². The van der Waals surface area contributed by atoms with E-state index in [0.717, 1.165) is 83.6 Å². The zero-order valence-corrected chi connectivity index (χ0v) is 25.8. The summed E-state index contributed by atoms with van der Waals surface area (Å²) in [6, 6.07) is 57.1.